The van der Waals surface area contributed by atoms with Crippen LogP contribution in [0.3, 0.4) is 0 Å². The Bertz CT molecular complexity index is 1180. The van der Waals surface area contributed by atoms with Crippen molar-refractivity contribution in [2.45, 2.75) is 33.1 Å². The molecule has 5 nitrogen and oxygen atoms in total. The number of aromatic nitrogens is 1. The molecule has 0 spiro atoms. The number of phenols is 1. The molecule has 3 aromatic rings. The maximum Gasteiger partial charge on any atom is 0.226 e. The van der Waals surface area contributed by atoms with Gasteiger partial charge in [0.05, 0.1) is 5.69 Å². The first-order chi connectivity index (χ1) is 15.2. The molecule has 166 valence electrons. The molecule has 3 rings (SSSR count). The van der Waals surface area contributed by atoms with Crippen LogP contribution in [0.1, 0.15) is 41.4 Å². The monoisotopic (exact) mass is 438 g/mol. The van der Waals surface area contributed by atoms with Gasteiger partial charge in [-0.05, 0) is 54.8 Å². The molecule has 1 heterocycles. The number of nitrogens with zero attached hydrogens (tertiary/aromatic N) is 2. The molecule has 0 radical (unpaired) electrons. The van der Waals surface area contributed by atoms with E-state index in [1.54, 1.807) is 38.1 Å². The van der Waals surface area contributed by atoms with E-state index in [2.05, 4.69) is 4.98 Å². The second-order valence-corrected chi connectivity index (χ2v) is 7.51. The van der Waals surface area contributed by atoms with Crippen molar-refractivity contribution < 1.29 is 23.5 Å². The fraction of sp³-hybridized carbons (Fsp3) is 0.240. The van der Waals surface area contributed by atoms with Gasteiger partial charge in [0.1, 0.15) is 11.6 Å². The number of pyridine rings is 1. The highest BCUT2D eigenvalue weighted by molar-refractivity contribution is 5.97. The summed E-state index contributed by atoms with van der Waals surface area (Å²) in [7, 11) is 1.51. The summed E-state index contributed by atoms with van der Waals surface area (Å²) in [5, 5.41) is 10.5. The van der Waals surface area contributed by atoms with Crippen molar-refractivity contribution in [1.29, 1.82) is 0 Å². The van der Waals surface area contributed by atoms with E-state index >= 15 is 0 Å². The van der Waals surface area contributed by atoms with E-state index in [0.717, 1.165) is 5.56 Å². The highest BCUT2D eigenvalue weighted by atomic mass is 19.1. The van der Waals surface area contributed by atoms with Gasteiger partial charge in [-0.3, -0.25) is 9.59 Å². The smallest absolute Gasteiger partial charge is 0.226 e. The van der Waals surface area contributed by atoms with Crippen LogP contribution in [0.2, 0.25) is 0 Å². The summed E-state index contributed by atoms with van der Waals surface area (Å²) >= 11 is 0. The third-order valence-corrected chi connectivity index (χ3v) is 5.40. The fourth-order valence-electron chi connectivity index (χ4n) is 3.48. The zero-order valence-corrected chi connectivity index (χ0v) is 18.2. The minimum atomic E-state index is -0.588. The minimum Gasteiger partial charge on any atom is -0.507 e. The number of phenolic OH excluding ortho intramolecular Hbond substituents is 1. The lowest BCUT2D eigenvalue weighted by molar-refractivity contribution is -0.118. The number of aromatic hydroxyl groups is 1. The molecule has 0 aliphatic carbocycles. The number of aryl methyl sites for hydroxylation is 2. The zero-order chi connectivity index (χ0) is 23.4. The standard InChI is InChI=1S/C25H24F2N2O3/c1-4-25(32)29(3)21-10-6-17(13-20(21)26)19-9-5-18(14-23(19)31)22(30)11-7-16-8-12-24(27)28-15(16)2/h5-6,8-10,12-14,31H,4,7,11H2,1-3H3. The number of rotatable bonds is 7. The van der Waals surface area contributed by atoms with Gasteiger partial charge in [0.2, 0.25) is 11.9 Å². The van der Waals surface area contributed by atoms with E-state index < -0.39 is 11.8 Å². The first-order valence-electron chi connectivity index (χ1n) is 10.3. The Labute approximate surface area is 185 Å². The maximum absolute atomic E-state index is 14.6. The van der Waals surface area contributed by atoms with Crippen LogP contribution < -0.4 is 4.90 Å². The van der Waals surface area contributed by atoms with Gasteiger partial charge in [-0.25, -0.2) is 9.37 Å². The lowest BCUT2D eigenvalue weighted by Gasteiger charge is -2.18. The Balaban J connectivity index is 1.76. The van der Waals surface area contributed by atoms with E-state index in [1.807, 2.05) is 0 Å². The average molecular weight is 438 g/mol. The molecule has 1 N–H and O–H groups in total. The van der Waals surface area contributed by atoms with Gasteiger partial charge in [-0.2, -0.15) is 4.39 Å². The van der Waals surface area contributed by atoms with Crippen LogP contribution >= 0.6 is 0 Å². The molecule has 2 aromatic carbocycles. The van der Waals surface area contributed by atoms with Crippen LogP contribution in [0.25, 0.3) is 11.1 Å². The van der Waals surface area contributed by atoms with Gasteiger partial charge >= 0.3 is 0 Å². The normalized spacial score (nSPS) is 10.8. The Morgan fingerprint density at radius 3 is 2.44 bits per heavy atom. The summed E-state index contributed by atoms with van der Waals surface area (Å²) in [5.41, 5.74) is 2.58. The van der Waals surface area contributed by atoms with Gasteiger partial charge in [0, 0.05) is 36.7 Å². The Hall–Kier alpha value is -3.61. The number of anilines is 1. The Morgan fingerprint density at radius 2 is 1.81 bits per heavy atom. The van der Waals surface area contributed by atoms with E-state index in [-0.39, 0.29) is 36.0 Å². The molecule has 32 heavy (non-hydrogen) atoms. The predicted octanol–water partition coefficient (Wildman–Crippen LogP) is 5.23. The first-order valence-corrected chi connectivity index (χ1v) is 10.3. The average Bonchev–Trinajstić information content (AvgIpc) is 2.77. The quantitative estimate of drug-likeness (QED) is 0.405. The van der Waals surface area contributed by atoms with Crippen molar-refractivity contribution in [1.82, 2.24) is 4.98 Å². The van der Waals surface area contributed by atoms with E-state index in [0.29, 0.717) is 28.8 Å². The first kappa shape index (κ1) is 23.1. The SMILES string of the molecule is CCC(=O)N(C)c1ccc(-c2ccc(C(=O)CCc3ccc(F)nc3C)cc2O)cc1F. The molecule has 1 amide bonds. The second kappa shape index (κ2) is 9.68. The number of halogens is 2. The van der Waals surface area contributed by atoms with Gasteiger partial charge in [-0.15, -0.1) is 0 Å². The van der Waals surface area contributed by atoms with Crippen LogP contribution in [0.4, 0.5) is 14.5 Å². The predicted molar refractivity (Wildman–Crippen MR) is 119 cm³/mol. The third kappa shape index (κ3) is 4.99. The van der Waals surface area contributed by atoms with Crippen LogP contribution in [-0.2, 0) is 11.2 Å². The Kier molecular flexibility index (Phi) is 6.98. The lowest BCUT2D eigenvalue weighted by atomic mass is 9.98. The number of hydrogen-bond donors (Lipinski definition) is 1. The molecule has 0 aliphatic heterocycles. The number of amides is 1. The highest BCUT2D eigenvalue weighted by Crippen LogP contribution is 2.33. The van der Waals surface area contributed by atoms with Crippen LogP contribution in [0, 0.1) is 18.7 Å². The summed E-state index contributed by atoms with van der Waals surface area (Å²) in [4.78, 5) is 29.4. The molecule has 7 heteroatoms. The topological polar surface area (TPSA) is 70.5 Å². The minimum absolute atomic E-state index is 0.150. The number of hydrogen-bond acceptors (Lipinski definition) is 4. The number of Topliss-reactive ketones (excluding diaryl/α,β-unsaturated/α-hetero) is 1. The highest BCUT2D eigenvalue weighted by Gasteiger charge is 2.16. The molecule has 0 atom stereocenters. The van der Waals surface area contributed by atoms with Gasteiger partial charge in [0.15, 0.2) is 5.78 Å². The summed E-state index contributed by atoms with van der Waals surface area (Å²) in [6.07, 6.45) is 0.830. The number of carbonyl (C=O) groups is 2. The molecular formula is C25H24F2N2O3. The lowest BCUT2D eigenvalue weighted by Crippen LogP contribution is -2.25. The Morgan fingerprint density at radius 1 is 1.06 bits per heavy atom. The second-order valence-electron chi connectivity index (χ2n) is 7.51. The summed E-state index contributed by atoms with van der Waals surface area (Å²) < 4.78 is 27.7. The van der Waals surface area contributed by atoms with E-state index in [9.17, 15) is 23.5 Å². The molecular weight excluding hydrogens is 414 g/mol. The fourth-order valence-corrected chi connectivity index (χ4v) is 3.48. The van der Waals surface area contributed by atoms with Crippen LogP contribution in [0.15, 0.2) is 48.5 Å². The van der Waals surface area contributed by atoms with Crippen molar-refractivity contribution in [3.8, 4) is 16.9 Å². The molecule has 0 saturated carbocycles. The summed E-state index contributed by atoms with van der Waals surface area (Å²) in [6.45, 7) is 3.38. The largest absolute Gasteiger partial charge is 0.507 e. The zero-order valence-electron chi connectivity index (χ0n) is 18.2. The molecule has 0 unspecified atom stereocenters. The molecule has 0 bridgehead atoms. The van der Waals surface area contributed by atoms with Crippen LogP contribution in [0.5, 0.6) is 5.75 Å². The van der Waals surface area contributed by atoms with Crippen molar-refractivity contribution in [2.24, 2.45) is 0 Å². The van der Waals surface area contributed by atoms with Crippen molar-refractivity contribution in [3.63, 3.8) is 0 Å². The van der Waals surface area contributed by atoms with E-state index in [1.165, 1.54) is 36.2 Å². The van der Waals surface area contributed by atoms with Crippen molar-refractivity contribution in [2.75, 3.05) is 11.9 Å². The third-order valence-electron chi connectivity index (χ3n) is 5.40. The molecule has 0 aliphatic rings. The summed E-state index contributed by atoms with van der Waals surface area (Å²) in [5.74, 6) is -1.70. The van der Waals surface area contributed by atoms with Gasteiger partial charge in [-0.1, -0.05) is 25.1 Å². The van der Waals surface area contributed by atoms with Crippen molar-refractivity contribution >= 4 is 17.4 Å². The maximum atomic E-state index is 14.6. The number of benzene rings is 2. The van der Waals surface area contributed by atoms with Gasteiger partial charge in [0.25, 0.3) is 0 Å². The summed E-state index contributed by atoms with van der Waals surface area (Å²) in [6, 6.07) is 11.7. The van der Waals surface area contributed by atoms with Crippen molar-refractivity contribution in [3.05, 3.63) is 77.1 Å². The molecule has 0 saturated heterocycles. The number of ketones is 1. The van der Waals surface area contributed by atoms with Gasteiger partial charge < -0.3 is 10.0 Å². The molecule has 0 fully saturated rings. The van der Waals surface area contributed by atoms with Crippen LogP contribution in [-0.4, -0.2) is 28.8 Å². The van der Waals surface area contributed by atoms with E-state index in [4.69, 9.17) is 0 Å². The number of carbonyl (C=O) groups excluding carboxylic acids is 2. The molecule has 1 aromatic heterocycles.